The predicted molar refractivity (Wildman–Crippen MR) is 115 cm³/mol. The van der Waals surface area contributed by atoms with Gasteiger partial charge >= 0.3 is 5.97 Å². The van der Waals surface area contributed by atoms with E-state index in [1.54, 1.807) is 31.8 Å². The number of aromatic nitrogens is 4. The zero-order chi connectivity index (χ0) is 21.3. The van der Waals surface area contributed by atoms with Gasteiger partial charge in [0, 0.05) is 56.3 Å². The molecular formula is C21H26N6O3. The average Bonchev–Trinajstić information content (AvgIpc) is 3.13. The first-order valence-electron chi connectivity index (χ1n) is 10.1. The molecule has 1 saturated heterocycles. The van der Waals surface area contributed by atoms with E-state index < -0.39 is 5.97 Å². The van der Waals surface area contributed by atoms with Gasteiger partial charge in [0.25, 0.3) is 0 Å². The first-order valence-corrected chi connectivity index (χ1v) is 10.1. The minimum absolute atomic E-state index is 0.122. The van der Waals surface area contributed by atoms with Crippen LogP contribution in [0, 0.1) is 0 Å². The molecule has 158 valence electrons. The molecule has 3 aromatic heterocycles. The van der Waals surface area contributed by atoms with E-state index in [4.69, 9.17) is 4.74 Å². The van der Waals surface area contributed by atoms with Gasteiger partial charge in [-0.2, -0.15) is 4.98 Å². The highest BCUT2D eigenvalue weighted by molar-refractivity contribution is 6.03. The molecule has 0 aliphatic carbocycles. The molecule has 1 aliphatic heterocycles. The number of hydrogen-bond donors (Lipinski definition) is 2. The van der Waals surface area contributed by atoms with Gasteiger partial charge in [0.2, 0.25) is 5.95 Å². The number of rotatable bonds is 6. The van der Waals surface area contributed by atoms with Gasteiger partial charge in [0.15, 0.2) is 0 Å². The predicted octanol–water partition coefficient (Wildman–Crippen LogP) is 3.46. The van der Waals surface area contributed by atoms with Gasteiger partial charge in [-0.05, 0) is 32.8 Å². The molecule has 9 heteroatoms. The van der Waals surface area contributed by atoms with Gasteiger partial charge < -0.3 is 24.6 Å². The zero-order valence-electron chi connectivity index (χ0n) is 17.4. The van der Waals surface area contributed by atoms with Gasteiger partial charge in [0.1, 0.15) is 11.6 Å². The van der Waals surface area contributed by atoms with Gasteiger partial charge in [0.05, 0.1) is 17.2 Å². The first-order chi connectivity index (χ1) is 14.5. The fourth-order valence-electron chi connectivity index (χ4n) is 3.80. The summed E-state index contributed by atoms with van der Waals surface area (Å²) in [5.41, 5.74) is 1.07. The highest BCUT2D eigenvalue weighted by atomic mass is 16.5. The summed E-state index contributed by atoms with van der Waals surface area (Å²) >= 11 is 0. The van der Waals surface area contributed by atoms with Gasteiger partial charge in [-0.1, -0.05) is 0 Å². The number of methoxy groups -OCH3 is 1. The number of anilines is 3. The molecule has 4 rings (SSSR count). The van der Waals surface area contributed by atoms with E-state index in [0.717, 1.165) is 31.4 Å². The third-order valence-corrected chi connectivity index (χ3v) is 5.46. The number of carbonyl (C=O) groups is 1. The lowest BCUT2D eigenvalue weighted by Gasteiger charge is -2.31. The fourth-order valence-corrected chi connectivity index (χ4v) is 3.80. The average molecular weight is 410 g/mol. The molecule has 0 spiro atoms. The van der Waals surface area contributed by atoms with Crippen molar-refractivity contribution in [3.05, 3.63) is 36.3 Å². The number of nitrogens with zero attached hydrogens (tertiary/aromatic N) is 5. The maximum absolute atomic E-state index is 11.6. The van der Waals surface area contributed by atoms with Crippen LogP contribution in [0.3, 0.4) is 0 Å². The fraction of sp³-hybridized carbons (Fsp3) is 0.429. The van der Waals surface area contributed by atoms with E-state index in [2.05, 4.69) is 25.2 Å². The smallest absolute Gasteiger partial charge is 0.337 e. The summed E-state index contributed by atoms with van der Waals surface area (Å²) in [6.07, 6.45) is 7.19. The van der Waals surface area contributed by atoms with Gasteiger partial charge in [-0.25, -0.2) is 14.8 Å². The van der Waals surface area contributed by atoms with Gasteiger partial charge in [-0.3, -0.25) is 0 Å². The summed E-state index contributed by atoms with van der Waals surface area (Å²) in [5.74, 6) is 0.956. The number of pyridine rings is 1. The van der Waals surface area contributed by atoms with Crippen molar-refractivity contribution in [1.29, 1.82) is 0 Å². The number of hydrogen-bond acceptors (Lipinski definition) is 7. The van der Waals surface area contributed by atoms with Crippen molar-refractivity contribution in [2.24, 2.45) is 0 Å². The largest absolute Gasteiger partial charge is 0.478 e. The molecule has 0 bridgehead atoms. The molecule has 0 atom stereocenters. The number of nitrogens with one attached hydrogen (secondary N) is 1. The molecule has 3 aromatic rings. The Hall–Kier alpha value is -3.20. The van der Waals surface area contributed by atoms with E-state index in [-0.39, 0.29) is 11.6 Å². The van der Waals surface area contributed by atoms with Crippen molar-refractivity contribution in [2.75, 3.05) is 30.4 Å². The molecule has 0 unspecified atom stereocenters. The van der Waals surface area contributed by atoms with Crippen LogP contribution in [-0.2, 0) is 4.74 Å². The topological polar surface area (TPSA) is 105 Å². The van der Waals surface area contributed by atoms with Crippen LogP contribution in [0.25, 0.3) is 10.9 Å². The quantitative estimate of drug-likeness (QED) is 0.636. The maximum Gasteiger partial charge on any atom is 0.337 e. The van der Waals surface area contributed by atoms with E-state index >= 15 is 0 Å². The molecule has 30 heavy (non-hydrogen) atoms. The first kappa shape index (κ1) is 20.1. The minimum Gasteiger partial charge on any atom is -0.478 e. The normalized spacial score (nSPS) is 15.1. The van der Waals surface area contributed by atoms with Crippen molar-refractivity contribution in [3.63, 3.8) is 0 Å². The molecule has 0 amide bonds. The molecule has 0 aromatic carbocycles. The third-order valence-electron chi connectivity index (χ3n) is 5.46. The highest BCUT2D eigenvalue weighted by Gasteiger charge is 2.21. The van der Waals surface area contributed by atoms with Crippen molar-refractivity contribution >= 4 is 34.5 Å². The van der Waals surface area contributed by atoms with Crippen LogP contribution in [0.5, 0.6) is 0 Å². The number of aromatic carboxylic acids is 1. The lowest BCUT2D eigenvalue weighted by Crippen LogP contribution is -2.37. The lowest BCUT2D eigenvalue weighted by atomic mass is 10.1. The second-order valence-electron chi connectivity index (χ2n) is 7.72. The summed E-state index contributed by atoms with van der Waals surface area (Å²) in [6, 6.07) is 3.77. The monoisotopic (exact) mass is 410 g/mol. The minimum atomic E-state index is -0.959. The summed E-state index contributed by atoms with van der Waals surface area (Å²) in [7, 11) is 1.75. The van der Waals surface area contributed by atoms with Crippen molar-refractivity contribution in [1.82, 2.24) is 19.5 Å². The molecule has 4 heterocycles. The van der Waals surface area contributed by atoms with Crippen molar-refractivity contribution in [2.45, 2.75) is 38.8 Å². The Morgan fingerprint density at radius 2 is 2.03 bits per heavy atom. The molecule has 1 fully saturated rings. The van der Waals surface area contributed by atoms with E-state index in [1.165, 1.54) is 0 Å². The Morgan fingerprint density at radius 3 is 2.70 bits per heavy atom. The van der Waals surface area contributed by atoms with Crippen LogP contribution < -0.4 is 10.2 Å². The standard InChI is InChI=1S/C21H26N6O3/c1-13(2)27-12-16(20(28)29)15-11-23-19(10-17(15)27)24-18-4-7-22-21(25-18)26-8-5-14(30-3)6-9-26/h4,7,10-14H,5-6,8-9H2,1-3H3,(H,28,29)(H,22,23,24,25). The van der Waals surface area contributed by atoms with E-state index in [1.807, 2.05) is 24.5 Å². The molecule has 2 N–H and O–H groups in total. The zero-order valence-corrected chi connectivity index (χ0v) is 17.4. The highest BCUT2D eigenvalue weighted by Crippen LogP contribution is 2.27. The van der Waals surface area contributed by atoms with Crippen molar-refractivity contribution < 1.29 is 14.6 Å². The number of piperidine rings is 1. The van der Waals surface area contributed by atoms with Crippen LogP contribution >= 0.6 is 0 Å². The number of carboxylic acid groups (broad SMARTS) is 1. The van der Waals surface area contributed by atoms with Crippen LogP contribution in [-0.4, -0.2) is 56.9 Å². The Balaban J connectivity index is 1.59. The van der Waals surface area contributed by atoms with Crippen LogP contribution in [0.15, 0.2) is 30.7 Å². The number of fused-ring (bicyclic) bond motifs is 1. The second kappa shape index (κ2) is 8.27. The lowest BCUT2D eigenvalue weighted by molar-refractivity contribution is 0.0698. The Kier molecular flexibility index (Phi) is 5.54. The number of ether oxygens (including phenoxy) is 1. The van der Waals surface area contributed by atoms with Crippen LogP contribution in [0.1, 0.15) is 43.1 Å². The molecule has 1 aliphatic rings. The number of carboxylic acids is 1. The summed E-state index contributed by atoms with van der Waals surface area (Å²) in [4.78, 5) is 27.2. The van der Waals surface area contributed by atoms with Crippen LogP contribution in [0.4, 0.5) is 17.6 Å². The Morgan fingerprint density at radius 1 is 1.27 bits per heavy atom. The van der Waals surface area contributed by atoms with E-state index in [9.17, 15) is 9.90 Å². The van der Waals surface area contributed by atoms with Crippen molar-refractivity contribution in [3.8, 4) is 0 Å². The second-order valence-corrected chi connectivity index (χ2v) is 7.72. The Bertz CT molecular complexity index is 1060. The molecule has 0 saturated carbocycles. The molecular weight excluding hydrogens is 384 g/mol. The summed E-state index contributed by atoms with van der Waals surface area (Å²) in [6.45, 7) is 5.74. The maximum atomic E-state index is 11.6. The third kappa shape index (κ3) is 3.93. The summed E-state index contributed by atoms with van der Waals surface area (Å²) in [5, 5.41) is 13.3. The molecule has 9 nitrogen and oxygen atoms in total. The molecule has 0 radical (unpaired) electrons. The SMILES string of the molecule is COC1CCN(c2nccc(Nc3cc4c(cn3)c(C(=O)O)cn4C(C)C)n2)CC1. The van der Waals surface area contributed by atoms with Crippen LogP contribution in [0.2, 0.25) is 0 Å². The van der Waals surface area contributed by atoms with Gasteiger partial charge in [-0.15, -0.1) is 0 Å². The summed E-state index contributed by atoms with van der Waals surface area (Å²) < 4.78 is 7.37. The van der Waals surface area contributed by atoms with E-state index in [0.29, 0.717) is 29.1 Å². The Labute approximate surface area is 174 Å².